The zero-order valence-electron chi connectivity index (χ0n) is 14.5. The molecule has 0 radical (unpaired) electrons. The van der Waals surface area contributed by atoms with Crippen LogP contribution in [0, 0.1) is 12.8 Å². The first kappa shape index (κ1) is 15.8. The summed E-state index contributed by atoms with van der Waals surface area (Å²) in [6.45, 7) is 2.15. The van der Waals surface area contributed by atoms with Crippen molar-refractivity contribution in [1.82, 2.24) is 0 Å². The first-order valence-corrected chi connectivity index (χ1v) is 8.95. The molecule has 4 rings (SSSR count). The lowest BCUT2D eigenvalue weighted by Gasteiger charge is -2.21. The van der Waals surface area contributed by atoms with E-state index in [0.29, 0.717) is 0 Å². The molecule has 0 aromatic heterocycles. The van der Waals surface area contributed by atoms with Gasteiger partial charge in [-0.05, 0) is 42.0 Å². The maximum absolute atomic E-state index is 13.2. The largest absolute Gasteiger partial charge is 0.293 e. The number of hydrogen-bond donors (Lipinski definition) is 0. The zero-order chi connectivity index (χ0) is 17.2. The van der Waals surface area contributed by atoms with Gasteiger partial charge in [-0.2, -0.15) is 0 Å². The first-order chi connectivity index (χ1) is 12.2. The van der Waals surface area contributed by atoms with Crippen LogP contribution in [0.15, 0.2) is 90.0 Å². The van der Waals surface area contributed by atoms with Crippen molar-refractivity contribution < 1.29 is 4.79 Å². The molecule has 0 N–H and O–H groups in total. The molecule has 0 bridgehead atoms. The minimum Gasteiger partial charge on any atom is -0.293 e. The van der Waals surface area contributed by atoms with Crippen molar-refractivity contribution in [3.8, 4) is 0 Å². The number of hydrogen-bond acceptors (Lipinski definition) is 1. The first-order valence-electron chi connectivity index (χ1n) is 8.95. The summed E-state index contributed by atoms with van der Waals surface area (Å²) in [5.41, 5.74) is 6.08. The standard InChI is InChI=1S/C24H22O/c1-17-9-5-8-14-21(17)22-15-20(18-10-6-7-11-18)16-23(22)24(25)19-12-3-2-4-13-19/h2-10,12-14,16,22-23H,11,15H2,1H3. The van der Waals surface area contributed by atoms with Crippen LogP contribution in [0.4, 0.5) is 0 Å². The molecule has 1 nitrogen and oxygen atoms in total. The van der Waals surface area contributed by atoms with E-state index in [1.165, 1.54) is 22.3 Å². The number of Topliss-reactive ketones (excluding diaryl/α,β-unsaturated/α-hetero) is 1. The molecule has 2 aromatic carbocycles. The summed E-state index contributed by atoms with van der Waals surface area (Å²) in [4.78, 5) is 13.2. The maximum atomic E-state index is 13.2. The second-order valence-corrected chi connectivity index (χ2v) is 6.94. The summed E-state index contributed by atoms with van der Waals surface area (Å²) in [5.74, 6) is 0.376. The molecule has 25 heavy (non-hydrogen) atoms. The molecule has 1 heteroatoms. The molecule has 0 fully saturated rings. The molecule has 0 saturated heterocycles. The fraction of sp³-hybridized carbons (Fsp3) is 0.208. The number of carbonyl (C=O) groups is 1. The highest BCUT2D eigenvalue weighted by Crippen LogP contribution is 2.44. The Labute approximate surface area is 149 Å². The normalized spacial score (nSPS) is 22.0. The van der Waals surface area contributed by atoms with Gasteiger partial charge in [0.15, 0.2) is 5.78 Å². The minimum atomic E-state index is -0.0833. The fourth-order valence-electron chi connectivity index (χ4n) is 4.05. The highest BCUT2D eigenvalue weighted by Gasteiger charge is 2.35. The van der Waals surface area contributed by atoms with Crippen molar-refractivity contribution in [1.29, 1.82) is 0 Å². The van der Waals surface area contributed by atoms with Crippen LogP contribution >= 0.6 is 0 Å². The molecule has 2 aromatic rings. The predicted octanol–water partition coefficient (Wildman–Crippen LogP) is 5.79. The number of benzene rings is 2. The molecule has 0 heterocycles. The molecule has 0 amide bonds. The van der Waals surface area contributed by atoms with Gasteiger partial charge in [-0.25, -0.2) is 0 Å². The lowest BCUT2D eigenvalue weighted by atomic mass is 9.81. The van der Waals surface area contributed by atoms with Crippen molar-refractivity contribution in [2.45, 2.75) is 25.7 Å². The maximum Gasteiger partial charge on any atom is 0.170 e. The minimum absolute atomic E-state index is 0.0833. The second-order valence-electron chi connectivity index (χ2n) is 6.94. The van der Waals surface area contributed by atoms with Crippen molar-refractivity contribution in [2.75, 3.05) is 0 Å². The van der Waals surface area contributed by atoms with Gasteiger partial charge in [0.1, 0.15) is 0 Å². The smallest absolute Gasteiger partial charge is 0.170 e. The number of carbonyl (C=O) groups excluding carboxylic acids is 1. The highest BCUT2D eigenvalue weighted by atomic mass is 16.1. The third kappa shape index (κ3) is 3.02. The molecule has 124 valence electrons. The fourth-order valence-corrected chi connectivity index (χ4v) is 4.05. The van der Waals surface area contributed by atoms with Crippen LogP contribution in [0.3, 0.4) is 0 Å². The molecular weight excluding hydrogens is 304 g/mol. The number of allylic oxidation sites excluding steroid dienone is 6. The third-order valence-corrected chi connectivity index (χ3v) is 5.39. The van der Waals surface area contributed by atoms with E-state index >= 15 is 0 Å². The summed E-state index contributed by atoms with van der Waals surface area (Å²) in [6, 6.07) is 18.2. The Hall–Kier alpha value is -2.67. The second kappa shape index (κ2) is 6.68. The average Bonchev–Trinajstić information content (AvgIpc) is 3.32. The van der Waals surface area contributed by atoms with Crippen LogP contribution in [0.5, 0.6) is 0 Å². The van der Waals surface area contributed by atoms with E-state index in [2.05, 4.69) is 55.5 Å². The molecule has 2 aliphatic rings. The Kier molecular flexibility index (Phi) is 4.23. The number of rotatable bonds is 4. The van der Waals surface area contributed by atoms with Gasteiger partial charge in [-0.15, -0.1) is 0 Å². The van der Waals surface area contributed by atoms with Gasteiger partial charge < -0.3 is 0 Å². The van der Waals surface area contributed by atoms with Gasteiger partial charge in [-0.1, -0.05) is 78.9 Å². The van der Waals surface area contributed by atoms with Gasteiger partial charge in [0.05, 0.1) is 0 Å². The molecule has 2 aliphatic carbocycles. The molecular formula is C24H22O. The van der Waals surface area contributed by atoms with E-state index in [0.717, 1.165) is 18.4 Å². The van der Waals surface area contributed by atoms with Crippen LogP contribution in [0.1, 0.15) is 40.2 Å². The number of ketones is 1. The Bertz CT molecular complexity index is 883. The summed E-state index contributed by atoms with van der Waals surface area (Å²) in [7, 11) is 0. The third-order valence-electron chi connectivity index (χ3n) is 5.39. The van der Waals surface area contributed by atoms with E-state index in [-0.39, 0.29) is 17.6 Å². The van der Waals surface area contributed by atoms with Gasteiger partial charge in [0.2, 0.25) is 0 Å². The van der Waals surface area contributed by atoms with Gasteiger partial charge >= 0.3 is 0 Å². The lowest BCUT2D eigenvalue weighted by Crippen LogP contribution is -2.18. The van der Waals surface area contributed by atoms with Crippen LogP contribution in [-0.2, 0) is 0 Å². The SMILES string of the molecule is Cc1ccccc1C1CC(C2=CC=CC2)=CC1C(=O)c1ccccc1. The van der Waals surface area contributed by atoms with Gasteiger partial charge in [-0.3, -0.25) is 4.79 Å². The van der Waals surface area contributed by atoms with Crippen molar-refractivity contribution in [2.24, 2.45) is 5.92 Å². The van der Waals surface area contributed by atoms with Crippen molar-refractivity contribution >= 4 is 5.78 Å². The summed E-state index contributed by atoms with van der Waals surface area (Å²) in [5, 5.41) is 0. The Morgan fingerprint density at radius 3 is 2.44 bits per heavy atom. The van der Waals surface area contributed by atoms with Gasteiger partial charge in [0.25, 0.3) is 0 Å². The molecule has 0 saturated carbocycles. The summed E-state index contributed by atoms with van der Waals surface area (Å²) in [6.07, 6.45) is 10.7. The quantitative estimate of drug-likeness (QED) is 0.649. The van der Waals surface area contributed by atoms with Crippen molar-refractivity contribution in [3.05, 3.63) is 107 Å². The van der Waals surface area contributed by atoms with Gasteiger partial charge in [0, 0.05) is 17.4 Å². The van der Waals surface area contributed by atoms with Crippen LogP contribution in [-0.4, -0.2) is 5.78 Å². The highest BCUT2D eigenvalue weighted by molar-refractivity contribution is 6.00. The van der Waals surface area contributed by atoms with Crippen LogP contribution < -0.4 is 0 Å². The Morgan fingerprint density at radius 2 is 1.72 bits per heavy atom. The Balaban J connectivity index is 1.73. The van der Waals surface area contributed by atoms with Crippen LogP contribution in [0.2, 0.25) is 0 Å². The van der Waals surface area contributed by atoms with Crippen molar-refractivity contribution in [3.63, 3.8) is 0 Å². The zero-order valence-corrected chi connectivity index (χ0v) is 14.5. The summed E-state index contributed by atoms with van der Waals surface area (Å²) < 4.78 is 0. The Morgan fingerprint density at radius 1 is 0.960 bits per heavy atom. The van der Waals surface area contributed by atoms with E-state index in [4.69, 9.17) is 0 Å². The molecule has 2 unspecified atom stereocenters. The van der Waals surface area contributed by atoms with E-state index in [9.17, 15) is 4.79 Å². The predicted molar refractivity (Wildman–Crippen MR) is 103 cm³/mol. The monoisotopic (exact) mass is 326 g/mol. The average molecular weight is 326 g/mol. The molecule has 0 aliphatic heterocycles. The van der Waals surface area contributed by atoms with Crippen LogP contribution in [0.25, 0.3) is 0 Å². The topological polar surface area (TPSA) is 17.1 Å². The van der Waals surface area contributed by atoms with E-state index < -0.39 is 0 Å². The molecule has 2 atom stereocenters. The number of aryl methyl sites for hydroxylation is 1. The molecule has 0 spiro atoms. The lowest BCUT2D eigenvalue weighted by molar-refractivity contribution is 0.0934. The van der Waals surface area contributed by atoms with E-state index in [1.54, 1.807) is 0 Å². The summed E-state index contributed by atoms with van der Waals surface area (Å²) >= 11 is 0. The van der Waals surface area contributed by atoms with E-state index in [1.807, 2.05) is 30.3 Å².